The summed E-state index contributed by atoms with van der Waals surface area (Å²) >= 11 is 5.42. The number of phosphoric acid groups is 4. The number of hydrogen-bond donors (Lipinski definition) is 16. The Morgan fingerprint density at radius 1 is 0.535 bits per heavy atom. The molecule has 0 spiro atoms. The molecule has 540 valence electrons. The lowest BCUT2D eigenvalue weighted by Crippen LogP contribution is -2.46. The van der Waals surface area contributed by atoms with E-state index in [-0.39, 0.29) is 62.4 Å². The summed E-state index contributed by atoms with van der Waals surface area (Å²) in [5.74, 6) is -1.18. The Hall–Kier alpha value is -6.55. The number of fused-ring (bicyclic) bond motifs is 4. The molecule has 21 atom stereocenters. The van der Waals surface area contributed by atoms with Crippen LogP contribution in [0.25, 0.3) is 44.7 Å². The maximum absolute atomic E-state index is 13.9. The SMILES string of the molecule is COC1C(COP(=O)(O)OP(=O)(O)OP(=O)(O)OCC2OC(n3cnc4c(N)ncnc43)C(OC)C2OP(O)(=S)OCC2OC(n3cnc4c(=O)[nH]c(N)nc43)C(O)C2OP(=O)(O)OCC2OC(n3cnc4c(=O)[nH]c(N)nc43)C(O)C2O)OC([n+]2cn(C)c3c(=O)[nH]c(N)nc32)C1O. The predicted molar refractivity (Wildman–Crippen MR) is 324 cm³/mol. The molecule has 0 bridgehead atoms. The summed E-state index contributed by atoms with van der Waals surface area (Å²) < 4.78 is 135. The molecule has 56 heteroatoms. The van der Waals surface area contributed by atoms with Crippen LogP contribution in [0.2, 0.25) is 0 Å². The average molecular weight is 1520 g/mol. The van der Waals surface area contributed by atoms with Gasteiger partial charge in [-0.1, -0.05) is 4.98 Å². The number of hydrogen-bond acceptors (Lipinski definition) is 38. The summed E-state index contributed by atoms with van der Waals surface area (Å²) in [7, 11) is -20.1. The Morgan fingerprint density at radius 3 is 1.62 bits per heavy atom. The predicted octanol–water partition coefficient (Wildman–Crippen LogP) is -5.46. The normalized spacial score (nSPS) is 30.5. The smallest absolute Gasteiger partial charge is 0.387 e. The van der Waals surface area contributed by atoms with E-state index >= 15 is 0 Å². The molecule has 12 rings (SSSR count). The van der Waals surface area contributed by atoms with Gasteiger partial charge in [0.05, 0.1) is 52.5 Å². The molecule has 21 unspecified atom stereocenters. The molecule has 4 aliphatic heterocycles. The van der Waals surface area contributed by atoms with Gasteiger partial charge in [-0.3, -0.25) is 70.2 Å². The van der Waals surface area contributed by atoms with Crippen LogP contribution in [0.15, 0.2) is 46.0 Å². The zero-order valence-electron chi connectivity index (χ0n) is 50.3. The first-order valence-corrected chi connectivity index (χ1v) is 36.7. The van der Waals surface area contributed by atoms with Crippen molar-refractivity contribution in [3.05, 3.63) is 62.7 Å². The van der Waals surface area contributed by atoms with Crippen molar-refractivity contribution < 1.29 is 132 Å². The van der Waals surface area contributed by atoms with Gasteiger partial charge in [0.15, 0.2) is 58.8 Å². The van der Waals surface area contributed by atoms with E-state index in [1.54, 1.807) is 0 Å². The topological polar surface area (TPSA) is 709 Å². The Morgan fingerprint density at radius 2 is 1.02 bits per heavy atom. The highest BCUT2D eigenvalue weighted by Crippen LogP contribution is 2.68. The number of nitrogens with zero attached hydrogens (tertiary/aromatic N) is 13. The standard InChI is InChI=1S/C43H57N20O30P5S/c1-59-12-63(33-20(59)36(70)58-43(47)55-33)39-23(66)25(80-2)14(87-39)5-83-95(73,74)92-97(77,78)93-96(75,76)84-6-16-27(28(81-3)40(89-16)60-9-50-17-29(44)48-8-49-30(17)60)91-98(79,99)85-7-15-26(24(67)38(88-15)62-11-52-19-32(62)54-42(46)57-35(19)69)90-94(71,72)82-4-13-21(64)22(65)37(86-13)61-10-51-18-31(61)53-41(45)56-34(18)68/h8-16,21-28,37-40,64-67H,4-7H2,1-3H3,(H15-,44,45,46,47,48,49,53,54,55,56,57,58,68,69,70,71,72,73,74,75,76,77,78,79,99)/p+1. The summed E-state index contributed by atoms with van der Waals surface area (Å²) in [5, 5.41) is 45.1. The van der Waals surface area contributed by atoms with Gasteiger partial charge in [0.1, 0.15) is 85.1 Å². The minimum atomic E-state index is -6.27. The molecule has 20 N–H and O–H groups in total. The van der Waals surface area contributed by atoms with Gasteiger partial charge in [0.2, 0.25) is 23.6 Å². The first-order chi connectivity index (χ1) is 46.6. The number of H-pyrrole nitrogens is 3. The van der Waals surface area contributed by atoms with Crippen molar-refractivity contribution >= 4 is 118 Å². The van der Waals surface area contributed by atoms with E-state index in [9.17, 15) is 77.5 Å². The summed E-state index contributed by atoms with van der Waals surface area (Å²) in [4.78, 5) is 132. The Bertz CT molecular complexity index is 4850. The van der Waals surface area contributed by atoms with Gasteiger partial charge >= 0.3 is 43.7 Å². The van der Waals surface area contributed by atoms with Crippen molar-refractivity contribution in [3.8, 4) is 0 Å². The van der Waals surface area contributed by atoms with Crippen LogP contribution < -0.4 is 44.2 Å². The number of nitrogens with one attached hydrogen (secondary N) is 3. The number of aromatic amines is 3. The van der Waals surface area contributed by atoms with E-state index in [1.807, 2.05) is 0 Å². The molecule has 4 saturated heterocycles. The highest BCUT2D eigenvalue weighted by molar-refractivity contribution is 8.07. The van der Waals surface area contributed by atoms with Crippen LogP contribution in [-0.2, 0) is 101 Å². The lowest BCUT2D eigenvalue weighted by molar-refractivity contribution is -0.745. The molecular weight excluding hydrogens is 1460 g/mol. The van der Waals surface area contributed by atoms with Gasteiger partial charge < -0.3 is 101 Å². The first-order valence-electron chi connectivity index (χ1n) is 28.1. The van der Waals surface area contributed by atoms with Gasteiger partial charge in [0, 0.05) is 14.2 Å². The van der Waals surface area contributed by atoms with E-state index in [0.29, 0.717) is 0 Å². The molecule has 0 saturated carbocycles. The fourth-order valence-electron chi connectivity index (χ4n) is 11.3. The third kappa shape index (κ3) is 14.5. The number of phosphoric ester groups is 3. The van der Waals surface area contributed by atoms with Crippen LogP contribution in [0.1, 0.15) is 24.9 Å². The Balaban J connectivity index is 0.742. The molecule has 0 radical (unpaired) electrons. The van der Waals surface area contributed by atoms with E-state index in [0.717, 1.165) is 48.7 Å². The second kappa shape index (κ2) is 27.3. The minimum absolute atomic E-state index is 0.00106. The van der Waals surface area contributed by atoms with Crippen LogP contribution in [0, 0.1) is 0 Å². The van der Waals surface area contributed by atoms with E-state index in [2.05, 4.69) is 63.4 Å². The lowest BCUT2D eigenvalue weighted by atomic mass is 10.1. The average Bonchev–Trinajstić information content (AvgIpc) is 1.62. The number of imidazole rings is 4. The van der Waals surface area contributed by atoms with Crippen LogP contribution >= 0.6 is 38.0 Å². The highest BCUT2D eigenvalue weighted by Gasteiger charge is 2.55. The third-order valence-electron chi connectivity index (χ3n) is 15.5. The quantitative estimate of drug-likeness (QED) is 0.0178. The number of aliphatic hydroxyl groups excluding tert-OH is 4. The molecule has 4 aliphatic rings. The highest BCUT2D eigenvalue weighted by atomic mass is 32.5. The molecule has 50 nitrogen and oxygen atoms in total. The van der Waals surface area contributed by atoms with Crippen molar-refractivity contribution in [1.29, 1.82) is 0 Å². The maximum atomic E-state index is 13.9. The number of aromatic nitrogens is 16. The second-order valence-corrected chi connectivity index (χ2v) is 30.7. The number of anilines is 4. The van der Waals surface area contributed by atoms with Gasteiger partial charge in [-0.15, -0.1) is 0 Å². The molecule has 0 aliphatic carbocycles. The number of methoxy groups -OCH3 is 2. The van der Waals surface area contributed by atoms with Crippen molar-refractivity contribution in [2.24, 2.45) is 7.05 Å². The Kier molecular flexibility index (Phi) is 19.9. The molecular formula is C43H58N20O30P5S+. The fourth-order valence-corrected chi connectivity index (χ4v) is 17.2. The number of aliphatic hydroxyl groups is 4. The molecule has 4 fully saturated rings. The summed E-state index contributed by atoms with van der Waals surface area (Å²) in [5.41, 5.74) is 19.9. The van der Waals surface area contributed by atoms with Crippen molar-refractivity contribution in [2.45, 2.75) is 98.2 Å². The number of nitrogens with two attached hydrogens (primary N) is 4. The molecule has 8 aromatic rings. The number of rotatable bonds is 26. The third-order valence-corrected chi connectivity index (χ3v) is 22.3. The number of ether oxygens (including phenoxy) is 6. The molecule has 99 heavy (non-hydrogen) atoms. The summed E-state index contributed by atoms with van der Waals surface area (Å²) in [6.45, 7) is -9.42. The summed E-state index contributed by atoms with van der Waals surface area (Å²) in [6.07, 6.45) is -21.9. The monoisotopic (exact) mass is 1520 g/mol. The lowest BCUT2D eigenvalue weighted by Gasteiger charge is -2.28. The number of nitrogen functional groups attached to an aromatic ring is 4. The van der Waals surface area contributed by atoms with Gasteiger partial charge in [-0.2, -0.15) is 18.6 Å². The summed E-state index contributed by atoms with van der Waals surface area (Å²) in [6, 6.07) is 0. The largest absolute Gasteiger partial charge is 0.490 e. The van der Waals surface area contributed by atoms with Crippen LogP contribution in [0.3, 0.4) is 0 Å². The van der Waals surface area contributed by atoms with Gasteiger partial charge in [0.25, 0.3) is 22.6 Å². The molecule has 12 heterocycles. The van der Waals surface area contributed by atoms with Crippen molar-refractivity contribution in [3.63, 3.8) is 0 Å². The van der Waals surface area contributed by atoms with Gasteiger partial charge in [-0.05, 0) is 11.8 Å². The number of aryl methyl sites for hydroxylation is 1. The molecule has 0 aromatic carbocycles. The fraction of sp³-hybridized carbons (Fsp3) is 0.535. The van der Waals surface area contributed by atoms with E-state index in [1.165, 1.54) is 27.1 Å². The van der Waals surface area contributed by atoms with E-state index in [4.69, 9.17) is 90.3 Å². The minimum Gasteiger partial charge on any atom is -0.387 e. The van der Waals surface area contributed by atoms with E-state index < -0.39 is 185 Å². The molecule has 0 amide bonds. The van der Waals surface area contributed by atoms with Crippen molar-refractivity contribution in [2.75, 3.05) is 63.6 Å². The van der Waals surface area contributed by atoms with Crippen LogP contribution in [-0.4, -0.2) is 232 Å². The zero-order valence-corrected chi connectivity index (χ0v) is 55.6. The van der Waals surface area contributed by atoms with Crippen LogP contribution in [0.5, 0.6) is 0 Å². The first kappa shape index (κ1) is 72.2. The molecule has 8 aromatic heterocycles. The van der Waals surface area contributed by atoms with Gasteiger partial charge in [-0.25, -0.2) is 47.7 Å². The van der Waals surface area contributed by atoms with Crippen LogP contribution in [0.4, 0.5) is 23.7 Å². The zero-order chi connectivity index (χ0) is 71.3. The van der Waals surface area contributed by atoms with Crippen molar-refractivity contribution in [1.82, 2.24) is 73.1 Å². The maximum Gasteiger partial charge on any atom is 0.490 e. The Labute approximate surface area is 552 Å². The second-order valence-electron chi connectivity index (χ2n) is 21.8.